The maximum atomic E-state index is 12.7. The van der Waals surface area contributed by atoms with Crippen molar-refractivity contribution in [3.63, 3.8) is 0 Å². The van der Waals surface area contributed by atoms with Crippen LogP contribution in [0.5, 0.6) is 11.5 Å². The molecule has 0 spiro atoms. The third-order valence-electron chi connectivity index (χ3n) is 4.32. The van der Waals surface area contributed by atoms with E-state index in [4.69, 9.17) is 14.2 Å². The molecule has 2 rings (SSSR count). The number of rotatable bonds is 8. The Morgan fingerprint density at radius 2 is 1.88 bits per heavy atom. The summed E-state index contributed by atoms with van der Waals surface area (Å²) in [5.74, 6) is 0.885. The molecule has 1 fully saturated rings. The molecule has 2 N–H and O–H groups in total. The standard InChI is InChI=1S/C16H26N2O5S/c1-12-8-13(22-3)14(23-4)9-15(12)24(19,20)18-10-16(11-21-2)6-5-7-17-16/h8-9,17-18H,5-7,10-11H2,1-4H3. The number of sulfonamides is 1. The van der Waals surface area contributed by atoms with Gasteiger partial charge in [0.15, 0.2) is 11.5 Å². The smallest absolute Gasteiger partial charge is 0.241 e. The van der Waals surface area contributed by atoms with Gasteiger partial charge in [0.2, 0.25) is 10.0 Å². The maximum Gasteiger partial charge on any atom is 0.241 e. The molecule has 24 heavy (non-hydrogen) atoms. The second kappa shape index (κ2) is 7.69. The Bertz CT molecular complexity index is 669. The van der Waals surface area contributed by atoms with Gasteiger partial charge in [0, 0.05) is 19.7 Å². The van der Waals surface area contributed by atoms with Gasteiger partial charge >= 0.3 is 0 Å². The first-order chi connectivity index (χ1) is 11.4. The van der Waals surface area contributed by atoms with E-state index in [0.29, 0.717) is 23.7 Å². The van der Waals surface area contributed by atoms with Gasteiger partial charge in [0.05, 0.1) is 31.3 Å². The van der Waals surface area contributed by atoms with E-state index in [2.05, 4.69) is 10.0 Å². The van der Waals surface area contributed by atoms with Crippen molar-refractivity contribution in [3.05, 3.63) is 17.7 Å². The van der Waals surface area contributed by atoms with Crippen molar-refractivity contribution in [2.45, 2.75) is 30.2 Å². The van der Waals surface area contributed by atoms with Crippen molar-refractivity contribution < 1.29 is 22.6 Å². The molecule has 0 radical (unpaired) electrons. The topological polar surface area (TPSA) is 85.9 Å². The van der Waals surface area contributed by atoms with Crippen LogP contribution in [0.3, 0.4) is 0 Å². The van der Waals surface area contributed by atoms with Crippen molar-refractivity contribution in [1.29, 1.82) is 0 Å². The zero-order chi connectivity index (χ0) is 17.8. The van der Waals surface area contributed by atoms with Gasteiger partial charge in [-0.05, 0) is 37.9 Å². The highest BCUT2D eigenvalue weighted by Gasteiger charge is 2.35. The third-order valence-corrected chi connectivity index (χ3v) is 5.87. The molecule has 1 atom stereocenters. The molecule has 1 aromatic rings. The van der Waals surface area contributed by atoms with Gasteiger partial charge in [-0.2, -0.15) is 0 Å². The highest BCUT2D eigenvalue weighted by molar-refractivity contribution is 7.89. The molecule has 1 unspecified atom stereocenters. The number of nitrogens with one attached hydrogen (secondary N) is 2. The number of aryl methyl sites for hydroxylation is 1. The van der Waals surface area contributed by atoms with Crippen LogP contribution in [0.1, 0.15) is 18.4 Å². The van der Waals surface area contributed by atoms with Crippen LogP contribution in [0.4, 0.5) is 0 Å². The van der Waals surface area contributed by atoms with Crippen LogP contribution in [-0.2, 0) is 14.8 Å². The maximum absolute atomic E-state index is 12.7. The van der Waals surface area contributed by atoms with Gasteiger partial charge in [-0.1, -0.05) is 0 Å². The summed E-state index contributed by atoms with van der Waals surface area (Å²) in [6, 6.07) is 3.15. The second-order valence-electron chi connectivity index (χ2n) is 6.04. The van der Waals surface area contributed by atoms with Gasteiger partial charge in [0.25, 0.3) is 0 Å². The largest absolute Gasteiger partial charge is 0.493 e. The summed E-state index contributed by atoms with van der Waals surface area (Å²) in [6.45, 7) is 3.33. The molecule has 0 saturated carbocycles. The van der Waals surface area contributed by atoms with Crippen LogP contribution in [0.15, 0.2) is 17.0 Å². The molecule has 0 aromatic heterocycles. The number of benzene rings is 1. The molecule has 0 amide bonds. The number of ether oxygens (including phenoxy) is 3. The fraction of sp³-hybridized carbons (Fsp3) is 0.625. The van der Waals surface area contributed by atoms with Crippen LogP contribution in [0, 0.1) is 6.92 Å². The molecule has 1 aromatic carbocycles. The molecule has 136 valence electrons. The molecule has 1 aliphatic heterocycles. The van der Waals surface area contributed by atoms with Gasteiger partial charge < -0.3 is 19.5 Å². The highest BCUT2D eigenvalue weighted by Crippen LogP contribution is 2.32. The molecular weight excluding hydrogens is 332 g/mol. The Kier molecular flexibility index (Phi) is 6.08. The minimum Gasteiger partial charge on any atom is -0.493 e. The SMILES string of the molecule is COCC1(CNS(=O)(=O)c2cc(OC)c(OC)cc2C)CCCN1. The zero-order valence-corrected chi connectivity index (χ0v) is 15.5. The summed E-state index contributed by atoms with van der Waals surface area (Å²) in [7, 11) is 0.943. The summed E-state index contributed by atoms with van der Waals surface area (Å²) in [5.41, 5.74) is 0.243. The first-order valence-corrected chi connectivity index (χ1v) is 9.32. The lowest BCUT2D eigenvalue weighted by molar-refractivity contribution is 0.122. The molecule has 8 heteroatoms. The van der Waals surface area contributed by atoms with Crippen LogP contribution in [0.25, 0.3) is 0 Å². The highest BCUT2D eigenvalue weighted by atomic mass is 32.2. The monoisotopic (exact) mass is 358 g/mol. The van der Waals surface area contributed by atoms with Crippen molar-refractivity contribution >= 4 is 10.0 Å². The normalized spacial score (nSPS) is 21.0. The minimum absolute atomic E-state index is 0.186. The van der Waals surface area contributed by atoms with E-state index in [-0.39, 0.29) is 17.0 Å². The van der Waals surface area contributed by atoms with E-state index in [1.807, 2.05) is 0 Å². The average molecular weight is 358 g/mol. The van der Waals surface area contributed by atoms with Gasteiger partial charge in [0.1, 0.15) is 0 Å². The number of hydrogen-bond acceptors (Lipinski definition) is 6. The fourth-order valence-corrected chi connectivity index (χ4v) is 4.40. The summed E-state index contributed by atoms with van der Waals surface area (Å²) in [4.78, 5) is 0.186. The summed E-state index contributed by atoms with van der Waals surface area (Å²) < 4.78 is 43.9. The van der Waals surface area contributed by atoms with Crippen LogP contribution in [0.2, 0.25) is 0 Å². The first-order valence-electron chi connectivity index (χ1n) is 7.84. The Hall–Kier alpha value is -1.35. The lowest BCUT2D eigenvalue weighted by Crippen LogP contribution is -2.52. The molecule has 1 heterocycles. The number of methoxy groups -OCH3 is 3. The Morgan fingerprint density at radius 1 is 1.21 bits per heavy atom. The third kappa shape index (κ3) is 4.00. The molecule has 0 aliphatic carbocycles. The molecular formula is C16H26N2O5S. The van der Waals surface area contributed by atoms with Crippen molar-refractivity contribution in [3.8, 4) is 11.5 Å². The van der Waals surface area contributed by atoms with E-state index in [9.17, 15) is 8.42 Å². The van der Waals surface area contributed by atoms with Crippen LogP contribution >= 0.6 is 0 Å². The van der Waals surface area contributed by atoms with E-state index < -0.39 is 10.0 Å². The van der Waals surface area contributed by atoms with E-state index in [1.165, 1.54) is 20.3 Å². The van der Waals surface area contributed by atoms with E-state index in [0.717, 1.165) is 19.4 Å². The van der Waals surface area contributed by atoms with E-state index >= 15 is 0 Å². The van der Waals surface area contributed by atoms with Gasteiger partial charge in [-0.15, -0.1) is 0 Å². The van der Waals surface area contributed by atoms with Crippen molar-refractivity contribution in [2.24, 2.45) is 0 Å². The molecule has 0 bridgehead atoms. The summed E-state index contributed by atoms with van der Waals surface area (Å²) >= 11 is 0. The average Bonchev–Trinajstić information content (AvgIpc) is 3.02. The quantitative estimate of drug-likeness (QED) is 0.723. The Morgan fingerprint density at radius 3 is 2.42 bits per heavy atom. The van der Waals surface area contributed by atoms with Crippen LogP contribution in [-0.4, -0.2) is 55.0 Å². The summed E-state index contributed by atoms with van der Waals surface area (Å²) in [6.07, 6.45) is 1.87. The molecule has 1 aliphatic rings. The molecule has 1 saturated heterocycles. The zero-order valence-electron chi connectivity index (χ0n) is 14.6. The fourth-order valence-electron chi connectivity index (χ4n) is 3.03. The summed E-state index contributed by atoms with van der Waals surface area (Å²) in [5, 5.41) is 3.35. The predicted molar refractivity (Wildman–Crippen MR) is 91.3 cm³/mol. The number of hydrogen-bond donors (Lipinski definition) is 2. The van der Waals surface area contributed by atoms with Gasteiger partial charge in [-0.3, -0.25) is 0 Å². The molecule has 7 nitrogen and oxygen atoms in total. The Balaban J connectivity index is 2.24. The van der Waals surface area contributed by atoms with E-state index in [1.54, 1.807) is 20.1 Å². The minimum atomic E-state index is -3.67. The lowest BCUT2D eigenvalue weighted by atomic mass is 9.99. The van der Waals surface area contributed by atoms with Crippen molar-refractivity contribution in [2.75, 3.05) is 41.0 Å². The lowest BCUT2D eigenvalue weighted by Gasteiger charge is -2.29. The van der Waals surface area contributed by atoms with Gasteiger partial charge in [-0.25, -0.2) is 13.1 Å². The van der Waals surface area contributed by atoms with Crippen LogP contribution < -0.4 is 19.5 Å². The second-order valence-corrected chi connectivity index (χ2v) is 7.78. The first kappa shape index (κ1) is 19.0. The Labute approximate surface area is 143 Å². The van der Waals surface area contributed by atoms with Crippen molar-refractivity contribution in [1.82, 2.24) is 10.0 Å². The predicted octanol–water partition coefficient (Wildman–Crippen LogP) is 1.06.